The summed E-state index contributed by atoms with van der Waals surface area (Å²) in [5.74, 6) is 0.740. The number of carbonyl (C=O) groups excluding carboxylic acids is 1. The second-order valence-corrected chi connectivity index (χ2v) is 6.14. The number of rotatable bonds is 5. The predicted octanol–water partition coefficient (Wildman–Crippen LogP) is 4.63. The predicted molar refractivity (Wildman–Crippen MR) is 90.0 cm³/mol. The van der Waals surface area contributed by atoms with E-state index in [4.69, 9.17) is 16.0 Å². The summed E-state index contributed by atoms with van der Waals surface area (Å²) >= 11 is 0. The fourth-order valence-electron chi connectivity index (χ4n) is 3.31. The van der Waals surface area contributed by atoms with Gasteiger partial charge < -0.3 is 9.47 Å². The summed E-state index contributed by atoms with van der Waals surface area (Å²) in [6, 6.07) is 5.02. The van der Waals surface area contributed by atoms with Crippen LogP contribution >= 0.6 is 0 Å². The lowest BCUT2D eigenvalue weighted by Crippen LogP contribution is -2.25. The van der Waals surface area contributed by atoms with Crippen LogP contribution in [0.25, 0.3) is 4.85 Å². The largest absolute Gasteiger partial charge is 0.497 e. The molecular formula is C19H22N2O3. The van der Waals surface area contributed by atoms with E-state index in [0.29, 0.717) is 11.7 Å². The molecule has 1 aliphatic rings. The normalized spacial score (nSPS) is 19.8. The van der Waals surface area contributed by atoms with Gasteiger partial charge in [0, 0.05) is 0 Å². The van der Waals surface area contributed by atoms with E-state index >= 15 is 0 Å². The molecule has 0 unspecified atom stereocenters. The third kappa shape index (κ3) is 3.86. The number of hydrogen-bond acceptors (Lipinski definition) is 4. The van der Waals surface area contributed by atoms with Gasteiger partial charge in [-0.2, -0.15) is 5.26 Å². The Labute approximate surface area is 143 Å². The van der Waals surface area contributed by atoms with Crippen LogP contribution in [0.4, 0.5) is 5.69 Å². The van der Waals surface area contributed by atoms with Gasteiger partial charge in [0.15, 0.2) is 0 Å². The van der Waals surface area contributed by atoms with Crippen molar-refractivity contribution in [3.8, 4) is 17.6 Å². The summed E-state index contributed by atoms with van der Waals surface area (Å²) in [6.45, 7) is 9.47. The highest BCUT2D eigenvalue weighted by molar-refractivity contribution is 5.80. The molecule has 0 spiro atoms. The second-order valence-electron chi connectivity index (χ2n) is 6.14. The molecule has 1 fully saturated rings. The van der Waals surface area contributed by atoms with Crippen LogP contribution in [-0.4, -0.2) is 13.1 Å². The summed E-state index contributed by atoms with van der Waals surface area (Å²) < 4.78 is 10.5. The van der Waals surface area contributed by atoms with Gasteiger partial charge >= 0.3 is 5.97 Å². The number of nitrogens with zero attached hydrogens (tertiary/aromatic N) is 2. The molecule has 0 heterocycles. The molecule has 0 bridgehead atoms. The third-order valence-corrected chi connectivity index (χ3v) is 4.63. The zero-order valence-corrected chi connectivity index (χ0v) is 14.2. The molecule has 1 saturated carbocycles. The van der Waals surface area contributed by atoms with Crippen LogP contribution in [0.5, 0.6) is 11.5 Å². The molecule has 0 amide bonds. The lowest BCUT2D eigenvalue weighted by molar-refractivity contribution is -0.140. The number of ether oxygens (including phenoxy) is 2. The highest BCUT2D eigenvalue weighted by Gasteiger charge is 2.28. The van der Waals surface area contributed by atoms with Crippen molar-refractivity contribution in [3.05, 3.63) is 29.1 Å². The van der Waals surface area contributed by atoms with Crippen molar-refractivity contribution in [1.82, 2.24) is 0 Å². The number of nitriles is 1. The first-order valence-electron chi connectivity index (χ1n) is 8.34. The van der Waals surface area contributed by atoms with E-state index in [1.165, 1.54) is 26.0 Å². The smallest absolute Gasteiger partial charge is 0.313 e. The highest BCUT2D eigenvalue weighted by Crippen LogP contribution is 2.39. The van der Waals surface area contributed by atoms with E-state index in [2.05, 4.69) is 11.8 Å². The van der Waals surface area contributed by atoms with Crippen LogP contribution in [-0.2, 0) is 4.79 Å². The standard InChI is InChI=1S/C19H22N2O3/c1-4-5-13-6-8-14(9-7-13)19(22)24-17-11-10-16(23-3)15(12-20)18(17)21-2/h10-11,13-14H,4-9H2,1,3H3. The number of hydrogen-bond donors (Lipinski definition) is 0. The maximum atomic E-state index is 12.4. The summed E-state index contributed by atoms with van der Waals surface area (Å²) in [5, 5.41) is 9.23. The van der Waals surface area contributed by atoms with Crippen LogP contribution in [0.15, 0.2) is 12.1 Å². The van der Waals surface area contributed by atoms with Crippen molar-refractivity contribution in [2.45, 2.75) is 45.4 Å². The Morgan fingerprint density at radius 3 is 2.54 bits per heavy atom. The molecule has 24 heavy (non-hydrogen) atoms. The van der Waals surface area contributed by atoms with Crippen molar-refractivity contribution >= 4 is 11.7 Å². The third-order valence-electron chi connectivity index (χ3n) is 4.63. The number of benzene rings is 1. The van der Waals surface area contributed by atoms with Gasteiger partial charge in [0.1, 0.15) is 17.1 Å². The SMILES string of the molecule is [C-]#[N+]c1c(OC(=O)C2CCC(CCC)CC2)ccc(OC)c1C#N. The molecule has 5 nitrogen and oxygen atoms in total. The van der Waals surface area contributed by atoms with Crippen molar-refractivity contribution in [1.29, 1.82) is 5.26 Å². The zero-order valence-electron chi connectivity index (χ0n) is 14.2. The summed E-state index contributed by atoms with van der Waals surface area (Å²) in [5.41, 5.74) is 0.134. The molecule has 1 aromatic rings. The van der Waals surface area contributed by atoms with Gasteiger partial charge in [-0.25, -0.2) is 4.85 Å². The van der Waals surface area contributed by atoms with Crippen molar-refractivity contribution in [3.63, 3.8) is 0 Å². The lowest BCUT2D eigenvalue weighted by Gasteiger charge is -2.27. The Balaban J connectivity index is 2.10. The van der Waals surface area contributed by atoms with Crippen LogP contribution in [0.2, 0.25) is 0 Å². The summed E-state index contributed by atoms with van der Waals surface area (Å²) in [6.07, 6.45) is 6.16. The first kappa shape index (κ1) is 17.8. The Kier molecular flexibility index (Phi) is 6.21. The van der Waals surface area contributed by atoms with Gasteiger partial charge in [-0.3, -0.25) is 4.79 Å². The molecule has 0 aliphatic heterocycles. The fraction of sp³-hybridized carbons (Fsp3) is 0.526. The molecule has 0 saturated heterocycles. The van der Waals surface area contributed by atoms with E-state index in [1.807, 2.05) is 6.07 Å². The number of methoxy groups -OCH3 is 1. The van der Waals surface area contributed by atoms with E-state index in [1.54, 1.807) is 6.07 Å². The Bertz CT molecular complexity index is 677. The maximum absolute atomic E-state index is 12.4. The second kappa shape index (κ2) is 8.36. The molecule has 0 radical (unpaired) electrons. The molecular weight excluding hydrogens is 304 g/mol. The average molecular weight is 326 g/mol. The topological polar surface area (TPSA) is 63.7 Å². The first-order valence-corrected chi connectivity index (χ1v) is 8.34. The van der Waals surface area contributed by atoms with E-state index < -0.39 is 0 Å². The van der Waals surface area contributed by atoms with Gasteiger partial charge in [0.2, 0.25) is 5.69 Å². The molecule has 5 heteroatoms. The van der Waals surface area contributed by atoms with Crippen molar-refractivity contribution in [2.75, 3.05) is 7.11 Å². The molecule has 0 atom stereocenters. The average Bonchev–Trinajstić information content (AvgIpc) is 2.61. The molecule has 2 rings (SSSR count). The maximum Gasteiger partial charge on any atom is 0.313 e. The monoisotopic (exact) mass is 326 g/mol. The highest BCUT2D eigenvalue weighted by atomic mass is 16.5. The molecule has 126 valence electrons. The van der Waals surface area contributed by atoms with Gasteiger partial charge in [0.25, 0.3) is 0 Å². The van der Waals surface area contributed by atoms with Gasteiger partial charge in [-0.1, -0.05) is 19.8 Å². The summed E-state index contributed by atoms with van der Waals surface area (Å²) in [7, 11) is 1.43. The number of carbonyl (C=O) groups is 1. The van der Waals surface area contributed by atoms with Gasteiger partial charge in [-0.15, -0.1) is 0 Å². The lowest BCUT2D eigenvalue weighted by atomic mass is 9.80. The van der Waals surface area contributed by atoms with E-state index in [-0.39, 0.29) is 28.9 Å². The quantitative estimate of drug-likeness (QED) is 0.449. The van der Waals surface area contributed by atoms with Crippen LogP contribution in [0, 0.1) is 29.7 Å². The van der Waals surface area contributed by atoms with Crippen LogP contribution in [0.3, 0.4) is 0 Å². The molecule has 1 aromatic carbocycles. The molecule has 0 aromatic heterocycles. The van der Waals surface area contributed by atoms with Gasteiger partial charge in [0.05, 0.1) is 25.7 Å². The molecule has 0 N–H and O–H groups in total. The Hall–Kier alpha value is -2.53. The minimum absolute atomic E-state index is 0.0323. The minimum Gasteiger partial charge on any atom is -0.497 e. The van der Waals surface area contributed by atoms with Crippen LogP contribution in [0.1, 0.15) is 51.0 Å². The van der Waals surface area contributed by atoms with Gasteiger partial charge in [-0.05, 0) is 43.7 Å². The van der Waals surface area contributed by atoms with Crippen molar-refractivity contribution in [2.24, 2.45) is 11.8 Å². The molecule has 1 aliphatic carbocycles. The minimum atomic E-state index is -0.302. The Morgan fingerprint density at radius 2 is 2.00 bits per heavy atom. The van der Waals surface area contributed by atoms with Crippen LogP contribution < -0.4 is 9.47 Å². The Morgan fingerprint density at radius 1 is 1.33 bits per heavy atom. The van der Waals surface area contributed by atoms with E-state index in [9.17, 15) is 10.1 Å². The summed E-state index contributed by atoms with van der Waals surface area (Å²) in [4.78, 5) is 15.8. The van der Waals surface area contributed by atoms with E-state index in [0.717, 1.165) is 25.7 Å². The fourth-order valence-corrected chi connectivity index (χ4v) is 3.31. The number of esters is 1. The van der Waals surface area contributed by atoms with Crippen molar-refractivity contribution < 1.29 is 14.3 Å². The first-order chi connectivity index (χ1) is 11.6. The zero-order chi connectivity index (χ0) is 17.5.